The first kappa shape index (κ1) is 13.2. The molecule has 1 fully saturated rings. The summed E-state index contributed by atoms with van der Waals surface area (Å²) in [5, 5.41) is 19.5. The number of rotatable bonds is 4. The lowest BCUT2D eigenvalue weighted by Gasteiger charge is -2.03. The second-order valence-corrected chi connectivity index (χ2v) is 4.69. The molecule has 8 nitrogen and oxygen atoms in total. The number of nitro benzene ring substituents is 1. The number of aromatic amines is 1. The van der Waals surface area contributed by atoms with Crippen LogP contribution in [0.3, 0.4) is 0 Å². The number of aromatic nitrogens is 3. The molecule has 0 bridgehead atoms. The average molecular weight is 291 g/mol. The molecule has 21 heavy (non-hydrogen) atoms. The van der Waals surface area contributed by atoms with Crippen LogP contribution in [0.4, 0.5) is 15.8 Å². The molecule has 1 aromatic carbocycles. The summed E-state index contributed by atoms with van der Waals surface area (Å²) in [7, 11) is 0. The van der Waals surface area contributed by atoms with Gasteiger partial charge < -0.3 is 5.32 Å². The Morgan fingerprint density at radius 2 is 2.24 bits per heavy atom. The number of benzene rings is 1. The highest BCUT2D eigenvalue weighted by Gasteiger charge is 2.28. The monoisotopic (exact) mass is 291 g/mol. The van der Waals surface area contributed by atoms with E-state index in [4.69, 9.17) is 0 Å². The normalized spacial score (nSPS) is 14.0. The van der Waals surface area contributed by atoms with Crippen molar-refractivity contribution in [3.63, 3.8) is 0 Å². The lowest BCUT2D eigenvalue weighted by Crippen LogP contribution is -2.15. The third-order valence-electron chi connectivity index (χ3n) is 3.07. The minimum absolute atomic E-state index is 0.129. The SMILES string of the molecule is O=C(Nc1cc(F)ccc1[N+](=O)[O-])c1n[nH]c(C2CC2)n1. The molecular weight excluding hydrogens is 281 g/mol. The second-order valence-electron chi connectivity index (χ2n) is 4.69. The van der Waals surface area contributed by atoms with Crippen LogP contribution in [0.15, 0.2) is 18.2 Å². The molecule has 1 amide bonds. The van der Waals surface area contributed by atoms with E-state index in [1.54, 1.807) is 0 Å². The maximum Gasteiger partial charge on any atom is 0.295 e. The summed E-state index contributed by atoms with van der Waals surface area (Å²) < 4.78 is 13.2. The van der Waals surface area contributed by atoms with Crippen LogP contribution < -0.4 is 5.32 Å². The highest BCUT2D eigenvalue weighted by molar-refractivity contribution is 6.02. The summed E-state index contributed by atoms with van der Waals surface area (Å²) in [5.74, 6) is -0.636. The molecule has 108 valence electrons. The fourth-order valence-corrected chi connectivity index (χ4v) is 1.86. The second kappa shape index (κ2) is 4.93. The van der Waals surface area contributed by atoms with Crippen molar-refractivity contribution in [2.24, 2.45) is 0 Å². The van der Waals surface area contributed by atoms with E-state index in [9.17, 15) is 19.3 Å². The van der Waals surface area contributed by atoms with Crippen molar-refractivity contribution in [3.05, 3.63) is 45.8 Å². The first-order valence-corrected chi connectivity index (χ1v) is 6.22. The van der Waals surface area contributed by atoms with E-state index < -0.39 is 22.3 Å². The molecule has 0 radical (unpaired) electrons. The summed E-state index contributed by atoms with van der Waals surface area (Å²) in [6.45, 7) is 0. The Hall–Kier alpha value is -2.84. The summed E-state index contributed by atoms with van der Waals surface area (Å²) >= 11 is 0. The van der Waals surface area contributed by atoms with Gasteiger partial charge in [0.25, 0.3) is 11.6 Å². The number of hydrogen-bond donors (Lipinski definition) is 2. The Morgan fingerprint density at radius 3 is 2.90 bits per heavy atom. The van der Waals surface area contributed by atoms with E-state index in [2.05, 4.69) is 20.5 Å². The van der Waals surface area contributed by atoms with E-state index in [0.29, 0.717) is 11.7 Å². The molecule has 1 heterocycles. The van der Waals surface area contributed by atoms with Crippen molar-refractivity contribution >= 4 is 17.3 Å². The Bertz CT molecular complexity index is 725. The fraction of sp³-hybridized carbons (Fsp3) is 0.250. The van der Waals surface area contributed by atoms with Gasteiger partial charge in [-0.2, -0.15) is 0 Å². The van der Waals surface area contributed by atoms with Crippen molar-refractivity contribution in [3.8, 4) is 0 Å². The summed E-state index contributed by atoms with van der Waals surface area (Å²) in [6.07, 6.45) is 1.98. The van der Waals surface area contributed by atoms with Crippen molar-refractivity contribution in [1.29, 1.82) is 0 Å². The van der Waals surface area contributed by atoms with Gasteiger partial charge in [-0.3, -0.25) is 20.0 Å². The van der Waals surface area contributed by atoms with Crippen LogP contribution in [0.25, 0.3) is 0 Å². The topological polar surface area (TPSA) is 114 Å². The van der Waals surface area contributed by atoms with Crippen LogP contribution in [0.1, 0.15) is 35.2 Å². The number of halogens is 1. The quantitative estimate of drug-likeness (QED) is 0.660. The summed E-state index contributed by atoms with van der Waals surface area (Å²) in [4.78, 5) is 26.1. The number of nitro groups is 1. The first-order valence-electron chi connectivity index (χ1n) is 6.22. The predicted molar refractivity (Wildman–Crippen MR) is 69.4 cm³/mol. The molecule has 2 aromatic rings. The number of nitrogens with one attached hydrogen (secondary N) is 2. The van der Waals surface area contributed by atoms with Crippen molar-refractivity contribution in [1.82, 2.24) is 15.2 Å². The first-order chi connectivity index (χ1) is 10.0. The maximum atomic E-state index is 13.2. The van der Waals surface area contributed by atoms with Crippen LogP contribution in [0.2, 0.25) is 0 Å². The van der Waals surface area contributed by atoms with Crippen LogP contribution in [-0.4, -0.2) is 26.0 Å². The molecule has 0 saturated heterocycles. The average Bonchev–Trinajstić information content (AvgIpc) is 3.16. The van der Waals surface area contributed by atoms with E-state index in [0.717, 1.165) is 31.0 Å². The molecule has 0 unspecified atom stereocenters. The van der Waals surface area contributed by atoms with Crippen molar-refractivity contribution in [2.45, 2.75) is 18.8 Å². The molecule has 0 spiro atoms. The van der Waals surface area contributed by atoms with Crippen LogP contribution in [0.5, 0.6) is 0 Å². The van der Waals surface area contributed by atoms with Crippen LogP contribution in [0, 0.1) is 15.9 Å². The van der Waals surface area contributed by atoms with Crippen LogP contribution in [-0.2, 0) is 0 Å². The smallest absolute Gasteiger partial charge is 0.295 e. The summed E-state index contributed by atoms with van der Waals surface area (Å²) in [5.41, 5.74) is -0.634. The van der Waals surface area contributed by atoms with Gasteiger partial charge in [0.15, 0.2) is 0 Å². The standard InChI is InChI=1S/C12H10FN5O3/c13-7-3-4-9(18(20)21)8(5-7)14-12(19)11-15-10(16-17-11)6-1-2-6/h3-6H,1-2H2,(H,14,19)(H,15,16,17). The van der Waals surface area contributed by atoms with Gasteiger partial charge in [0.05, 0.1) is 4.92 Å². The molecule has 0 aliphatic heterocycles. The molecule has 9 heteroatoms. The largest absolute Gasteiger partial charge is 0.313 e. The third-order valence-corrected chi connectivity index (χ3v) is 3.07. The van der Waals surface area contributed by atoms with Gasteiger partial charge in [-0.15, -0.1) is 5.10 Å². The summed E-state index contributed by atoms with van der Waals surface area (Å²) in [6, 6.07) is 2.81. The van der Waals surface area contributed by atoms with Gasteiger partial charge in [0.1, 0.15) is 17.3 Å². The van der Waals surface area contributed by atoms with Gasteiger partial charge >= 0.3 is 0 Å². The molecule has 1 aliphatic rings. The van der Waals surface area contributed by atoms with Gasteiger partial charge in [0.2, 0.25) is 5.82 Å². The van der Waals surface area contributed by atoms with Gasteiger partial charge in [0, 0.05) is 18.1 Å². The Morgan fingerprint density at radius 1 is 1.48 bits per heavy atom. The van der Waals surface area contributed by atoms with Crippen molar-refractivity contribution in [2.75, 3.05) is 5.32 Å². The minimum atomic E-state index is -0.730. The molecule has 2 N–H and O–H groups in total. The number of carbonyl (C=O) groups excluding carboxylic acids is 1. The Balaban J connectivity index is 1.83. The lowest BCUT2D eigenvalue weighted by molar-refractivity contribution is -0.384. The zero-order valence-corrected chi connectivity index (χ0v) is 10.7. The molecule has 1 saturated carbocycles. The molecule has 3 rings (SSSR count). The molecule has 0 atom stereocenters. The van der Waals surface area contributed by atoms with Gasteiger partial charge in [-0.05, 0) is 18.9 Å². The van der Waals surface area contributed by atoms with Crippen molar-refractivity contribution < 1.29 is 14.1 Å². The fourth-order valence-electron chi connectivity index (χ4n) is 1.86. The Labute approximate surface area is 117 Å². The third kappa shape index (κ3) is 2.71. The van der Waals surface area contributed by atoms with Gasteiger partial charge in [-0.1, -0.05) is 0 Å². The number of amides is 1. The zero-order valence-electron chi connectivity index (χ0n) is 10.7. The number of carbonyl (C=O) groups is 1. The Kier molecular flexibility index (Phi) is 3.09. The van der Waals surface area contributed by atoms with E-state index in [1.165, 1.54) is 0 Å². The highest BCUT2D eigenvalue weighted by Crippen LogP contribution is 2.37. The van der Waals surface area contributed by atoms with E-state index in [1.807, 2.05) is 0 Å². The molecular formula is C12H10FN5O3. The van der Waals surface area contributed by atoms with Gasteiger partial charge in [-0.25, -0.2) is 9.37 Å². The van der Waals surface area contributed by atoms with E-state index in [-0.39, 0.29) is 11.5 Å². The number of H-pyrrole nitrogens is 1. The zero-order chi connectivity index (χ0) is 15.0. The minimum Gasteiger partial charge on any atom is -0.313 e. The predicted octanol–water partition coefficient (Wildman–Crippen LogP) is 1.98. The number of nitrogens with zero attached hydrogens (tertiary/aromatic N) is 3. The van der Waals surface area contributed by atoms with E-state index >= 15 is 0 Å². The maximum absolute atomic E-state index is 13.2. The number of hydrogen-bond acceptors (Lipinski definition) is 5. The van der Waals surface area contributed by atoms with Crippen LogP contribution >= 0.6 is 0 Å². The highest BCUT2D eigenvalue weighted by atomic mass is 19.1. The molecule has 1 aromatic heterocycles. The lowest BCUT2D eigenvalue weighted by atomic mass is 10.2. The number of anilines is 1. The molecule has 1 aliphatic carbocycles.